The van der Waals surface area contributed by atoms with Gasteiger partial charge in [0.1, 0.15) is 5.82 Å². The van der Waals surface area contributed by atoms with Crippen LogP contribution >= 0.6 is 24.0 Å². The average Bonchev–Trinajstić information content (AvgIpc) is 2.99. The van der Waals surface area contributed by atoms with Gasteiger partial charge in [0.05, 0.1) is 24.3 Å². The van der Waals surface area contributed by atoms with Crippen molar-refractivity contribution in [1.82, 2.24) is 0 Å². The highest BCUT2D eigenvalue weighted by Gasteiger charge is 2.33. The van der Waals surface area contributed by atoms with E-state index in [1.54, 1.807) is 37.3 Å². The van der Waals surface area contributed by atoms with Gasteiger partial charge in [0, 0.05) is 0 Å². The first-order valence-electron chi connectivity index (χ1n) is 8.93. The molecule has 156 valence electrons. The Hall–Kier alpha value is -2.91. The minimum atomic E-state index is -0.499. The molecule has 0 atom stereocenters. The normalized spacial score (nSPS) is 14.9. The second-order valence-electron chi connectivity index (χ2n) is 6.00. The van der Waals surface area contributed by atoms with Crippen molar-refractivity contribution in [3.8, 4) is 11.5 Å². The number of methoxy groups -OCH3 is 1. The van der Waals surface area contributed by atoms with Crippen LogP contribution in [-0.4, -0.2) is 36.5 Å². The summed E-state index contributed by atoms with van der Waals surface area (Å²) in [7, 11) is 1.48. The van der Waals surface area contributed by atoms with E-state index in [4.69, 9.17) is 26.4 Å². The number of halogens is 1. The minimum Gasteiger partial charge on any atom is -0.493 e. The highest BCUT2D eigenvalue weighted by molar-refractivity contribution is 8.27. The number of rotatable bonds is 7. The smallest absolute Gasteiger partial charge is 0.344 e. The number of thioether (sulfide) groups is 1. The van der Waals surface area contributed by atoms with Crippen LogP contribution in [0.1, 0.15) is 12.5 Å². The lowest BCUT2D eigenvalue weighted by Crippen LogP contribution is -2.27. The molecule has 0 saturated carbocycles. The van der Waals surface area contributed by atoms with E-state index in [0.29, 0.717) is 32.0 Å². The van der Waals surface area contributed by atoms with E-state index in [9.17, 15) is 14.0 Å². The Labute approximate surface area is 182 Å². The minimum absolute atomic E-state index is 0.256. The van der Waals surface area contributed by atoms with Crippen molar-refractivity contribution in [2.45, 2.75) is 6.92 Å². The van der Waals surface area contributed by atoms with Gasteiger partial charge in [0.15, 0.2) is 22.4 Å². The summed E-state index contributed by atoms with van der Waals surface area (Å²) in [5, 5.41) is 0. The van der Waals surface area contributed by atoms with Gasteiger partial charge in [-0.2, -0.15) is 0 Å². The molecule has 1 aliphatic rings. The van der Waals surface area contributed by atoms with Crippen LogP contribution in [0.2, 0.25) is 0 Å². The van der Waals surface area contributed by atoms with E-state index in [-0.39, 0.29) is 19.1 Å². The Kier molecular flexibility index (Phi) is 7.07. The molecule has 1 aliphatic heterocycles. The summed E-state index contributed by atoms with van der Waals surface area (Å²) < 4.78 is 29.5. The first-order chi connectivity index (χ1) is 14.4. The Balaban J connectivity index is 1.84. The predicted molar refractivity (Wildman–Crippen MR) is 117 cm³/mol. The third kappa shape index (κ3) is 4.98. The second kappa shape index (κ2) is 9.73. The number of carbonyl (C=O) groups is 2. The molecule has 1 saturated heterocycles. The van der Waals surface area contributed by atoms with Crippen molar-refractivity contribution in [2.24, 2.45) is 0 Å². The summed E-state index contributed by atoms with van der Waals surface area (Å²) in [6, 6.07) is 10.7. The van der Waals surface area contributed by atoms with Gasteiger partial charge in [-0.1, -0.05) is 36.1 Å². The molecule has 0 N–H and O–H groups in total. The summed E-state index contributed by atoms with van der Waals surface area (Å²) in [4.78, 5) is 26.1. The van der Waals surface area contributed by atoms with Gasteiger partial charge >= 0.3 is 5.97 Å². The number of hydrogen-bond acceptors (Lipinski definition) is 7. The predicted octanol–water partition coefficient (Wildman–Crippen LogP) is 4.18. The average molecular weight is 448 g/mol. The van der Waals surface area contributed by atoms with E-state index >= 15 is 0 Å². The fourth-order valence-electron chi connectivity index (χ4n) is 2.69. The van der Waals surface area contributed by atoms with Crippen molar-refractivity contribution in [2.75, 3.05) is 25.2 Å². The lowest BCUT2D eigenvalue weighted by atomic mass is 10.2. The van der Waals surface area contributed by atoms with Crippen LogP contribution in [0.15, 0.2) is 47.4 Å². The Morgan fingerprint density at radius 2 is 2.03 bits per heavy atom. The van der Waals surface area contributed by atoms with Gasteiger partial charge in [-0.3, -0.25) is 9.69 Å². The van der Waals surface area contributed by atoms with Crippen molar-refractivity contribution in [3.05, 3.63) is 58.8 Å². The zero-order valence-electron chi connectivity index (χ0n) is 16.2. The van der Waals surface area contributed by atoms with Crippen LogP contribution < -0.4 is 14.4 Å². The maximum Gasteiger partial charge on any atom is 0.344 e. The molecule has 1 heterocycles. The summed E-state index contributed by atoms with van der Waals surface area (Å²) in [5.41, 5.74) is 1.02. The number of anilines is 1. The van der Waals surface area contributed by atoms with Crippen LogP contribution in [0.5, 0.6) is 11.5 Å². The van der Waals surface area contributed by atoms with Gasteiger partial charge in [-0.15, -0.1) is 0 Å². The molecule has 0 bridgehead atoms. The molecule has 6 nitrogen and oxygen atoms in total. The van der Waals surface area contributed by atoms with E-state index in [0.717, 1.165) is 11.8 Å². The molecule has 0 unspecified atom stereocenters. The molecule has 0 radical (unpaired) electrons. The van der Waals surface area contributed by atoms with Gasteiger partial charge in [0.25, 0.3) is 5.91 Å². The number of thiocarbonyl (C=S) groups is 1. The SMILES string of the molecule is CCOC(=O)COc1cc(/C=C2/SC(=S)N(c3cccc(F)c3)C2=O)ccc1OC. The highest BCUT2D eigenvalue weighted by Crippen LogP contribution is 2.37. The number of ether oxygens (including phenoxy) is 3. The molecular formula is C21H18FNO5S2. The van der Waals surface area contributed by atoms with Crippen LogP contribution in [0.4, 0.5) is 10.1 Å². The van der Waals surface area contributed by atoms with E-state index in [1.165, 1.54) is 30.2 Å². The first-order valence-corrected chi connectivity index (χ1v) is 10.2. The summed E-state index contributed by atoms with van der Waals surface area (Å²) in [6.07, 6.45) is 1.65. The lowest BCUT2D eigenvalue weighted by Gasteiger charge is -2.14. The fraction of sp³-hybridized carbons (Fsp3) is 0.190. The summed E-state index contributed by atoms with van der Waals surface area (Å²) >= 11 is 6.42. The Morgan fingerprint density at radius 1 is 1.23 bits per heavy atom. The Morgan fingerprint density at radius 3 is 2.73 bits per heavy atom. The number of benzene rings is 2. The van der Waals surface area contributed by atoms with E-state index in [1.807, 2.05) is 0 Å². The monoisotopic (exact) mass is 447 g/mol. The van der Waals surface area contributed by atoms with E-state index < -0.39 is 11.8 Å². The molecule has 0 spiro atoms. The summed E-state index contributed by atoms with van der Waals surface area (Å²) in [6.45, 7) is 1.70. The molecule has 0 aromatic heterocycles. The van der Waals surface area contributed by atoms with E-state index in [2.05, 4.69) is 0 Å². The van der Waals surface area contributed by atoms with Crippen LogP contribution in [0.3, 0.4) is 0 Å². The molecule has 30 heavy (non-hydrogen) atoms. The number of nitrogens with zero attached hydrogens (tertiary/aromatic N) is 1. The molecular weight excluding hydrogens is 429 g/mol. The highest BCUT2D eigenvalue weighted by atomic mass is 32.2. The zero-order valence-corrected chi connectivity index (χ0v) is 17.8. The standard InChI is InChI=1S/C21H18FNO5S2/c1-3-27-19(24)12-28-17-9-13(7-8-16(17)26-2)10-18-20(25)23(21(29)30-18)15-6-4-5-14(22)11-15/h4-11H,3,12H2,1-2H3/b18-10+. The number of hydrogen-bond donors (Lipinski definition) is 0. The second-order valence-corrected chi connectivity index (χ2v) is 7.68. The molecule has 0 aliphatic carbocycles. The van der Waals surface area contributed by atoms with Crippen molar-refractivity contribution < 1.29 is 28.2 Å². The number of esters is 1. The quantitative estimate of drug-likeness (QED) is 0.358. The van der Waals surface area contributed by atoms with Crippen LogP contribution in [0.25, 0.3) is 6.08 Å². The fourth-order valence-corrected chi connectivity index (χ4v) is 3.99. The van der Waals surface area contributed by atoms with Crippen LogP contribution in [-0.2, 0) is 14.3 Å². The third-order valence-corrected chi connectivity index (χ3v) is 5.30. The van der Waals surface area contributed by atoms with Gasteiger partial charge in [0.2, 0.25) is 0 Å². The van der Waals surface area contributed by atoms with Gasteiger partial charge < -0.3 is 14.2 Å². The summed E-state index contributed by atoms with van der Waals surface area (Å²) in [5.74, 6) is -0.533. The molecule has 2 aromatic carbocycles. The molecule has 1 amide bonds. The topological polar surface area (TPSA) is 65.1 Å². The molecule has 3 rings (SSSR count). The van der Waals surface area contributed by atoms with Crippen LogP contribution in [0, 0.1) is 5.82 Å². The van der Waals surface area contributed by atoms with Crippen molar-refractivity contribution in [3.63, 3.8) is 0 Å². The maximum absolute atomic E-state index is 13.6. The maximum atomic E-state index is 13.6. The van der Waals surface area contributed by atoms with Gasteiger partial charge in [-0.05, 0) is 48.9 Å². The molecule has 9 heteroatoms. The third-order valence-electron chi connectivity index (χ3n) is 4.00. The molecule has 2 aromatic rings. The largest absolute Gasteiger partial charge is 0.493 e. The van der Waals surface area contributed by atoms with Gasteiger partial charge in [-0.25, -0.2) is 9.18 Å². The number of carbonyl (C=O) groups excluding carboxylic acids is 2. The zero-order chi connectivity index (χ0) is 21.7. The van der Waals surface area contributed by atoms with Crippen molar-refractivity contribution >= 4 is 51.9 Å². The van der Waals surface area contributed by atoms with Crippen molar-refractivity contribution in [1.29, 1.82) is 0 Å². The first kappa shape index (κ1) is 21.8. The number of amides is 1. The Bertz CT molecular complexity index is 1020. The lowest BCUT2D eigenvalue weighted by molar-refractivity contribution is -0.145. The molecule has 1 fully saturated rings.